The van der Waals surface area contributed by atoms with E-state index in [9.17, 15) is 9.59 Å². The Labute approximate surface area is 112 Å². The van der Waals surface area contributed by atoms with Crippen LogP contribution < -0.4 is 10.6 Å². The normalized spacial score (nSPS) is 10.1. The molecule has 0 aliphatic heterocycles. The van der Waals surface area contributed by atoms with Gasteiger partial charge in [0, 0.05) is 30.5 Å². The van der Waals surface area contributed by atoms with Gasteiger partial charge in [-0.2, -0.15) is 11.3 Å². The minimum atomic E-state index is -0.0670. The maximum atomic E-state index is 11.6. The standard InChI is InChI=1S/C13H20N2O2S/c1-2-3-7-14-12(16)5-4-8-15-13(17)11-6-9-18-10-11/h6,9-10H,2-5,7-8H2,1H3,(H,14,16)(H,15,17). The molecule has 0 saturated carbocycles. The van der Waals surface area contributed by atoms with E-state index in [0.717, 1.165) is 19.4 Å². The van der Waals surface area contributed by atoms with E-state index in [1.165, 1.54) is 11.3 Å². The summed E-state index contributed by atoms with van der Waals surface area (Å²) in [7, 11) is 0. The highest BCUT2D eigenvalue weighted by Gasteiger charge is 2.05. The van der Waals surface area contributed by atoms with Gasteiger partial charge in [0.25, 0.3) is 5.91 Å². The minimum Gasteiger partial charge on any atom is -0.356 e. The Balaban J connectivity index is 2.04. The summed E-state index contributed by atoms with van der Waals surface area (Å²) in [6, 6.07) is 1.79. The highest BCUT2D eigenvalue weighted by atomic mass is 32.1. The molecular weight excluding hydrogens is 248 g/mol. The van der Waals surface area contributed by atoms with Crippen molar-refractivity contribution in [2.45, 2.75) is 32.6 Å². The molecule has 100 valence electrons. The predicted molar refractivity (Wildman–Crippen MR) is 73.8 cm³/mol. The molecule has 2 N–H and O–H groups in total. The molecule has 5 heteroatoms. The number of carbonyl (C=O) groups excluding carboxylic acids is 2. The molecule has 4 nitrogen and oxygen atoms in total. The molecule has 0 atom stereocenters. The molecular formula is C13H20N2O2S. The molecule has 1 aromatic rings. The fourth-order valence-corrected chi connectivity index (χ4v) is 2.08. The number of rotatable bonds is 8. The second-order valence-electron chi connectivity index (χ2n) is 4.07. The predicted octanol–water partition coefficient (Wildman–Crippen LogP) is 2.17. The monoisotopic (exact) mass is 268 g/mol. The number of nitrogens with one attached hydrogen (secondary N) is 2. The van der Waals surface area contributed by atoms with Gasteiger partial charge >= 0.3 is 0 Å². The molecule has 2 amide bonds. The van der Waals surface area contributed by atoms with Crippen LogP contribution in [0.5, 0.6) is 0 Å². The molecule has 0 spiro atoms. The fraction of sp³-hybridized carbons (Fsp3) is 0.538. The summed E-state index contributed by atoms with van der Waals surface area (Å²) in [5.74, 6) is -0.00382. The molecule has 0 aromatic carbocycles. The number of carbonyl (C=O) groups is 2. The molecule has 0 aliphatic carbocycles. The van der Waals surface area contributed by atoms with E-state index >= 15 is 0 Å². The van der Waals surface area contributed by atoms with E-state index < -0.39 is 0 Å². The van der Waals surface area contributed by atoms with Crippen molar-refractivity contribution >= 4 is 23.2 Å². The van der Waals surface area contributed by atoms with Crippen LogP contribution in [-0.4, -0.2) is 24.9 Å². The summed E-state index contributed by atoms with van der Waals surface area (Å²) in [5.41, 5.74) is 0.687. The Morgan fingerprint density at radius 3 is 2.67 bits per heavy atom. The maximum absolute atomic E-state index is 11.6. The molecule has 0 saturated heterocycles. The second-order valence-corrected chi connectivity index (χ2v) is 4.86. The van der Waals surface area contributed by atoms with E-state index in [0.29, 0.717) is 24.9 Å². The lowest BCUT2D eigenvalue weighted by Crippen LogP contribution is -2.27. The van der Waals surface area contributed by atoms with Crippen molar-refractivity contribution in [1.82, 2.24) is 10.6 Å². The average Bonchev–Trinajstić information content (AvgIpc) is 2.88. The first kappa shape index (κ1) is 14.7. The molecule has 0 bridgehead atoms. The smallest absolute Gasteiger partial charge is 0.252 e. The number of hydrogen-bond acceptors (Lipinski definition) is 3. The van der Waals surface area contributed by atoms with Crippen LogP contribution in [0, 0.1) is 0 Å². The van der Waals surface area contributed by atoms with Crippen molar-refractivity contribution in [3.63, 3.8) is 0 Å². The molecule has 1 aromatic heterocycles. The van der Waals surface area contributed by atoms with Gasteiger partial charge in [0.2, 0.25) is 5.91 Å². The Hall–Kier alpha value is -1.36. The summed E-state index contributed by atoms with van der Waals surface area (Å²) >= 11 is 1.50. The van der Waals surface area contributed by atoms with E-state index in [4.69, 9.17) is 0 Å². The van der Waals surface area contributed by atoms with Crippen molar-refractivity contribution in [3.05, 3.63) is 22.4 Å². The van der Waals surface area contributed by atoms with Crippen LogP contribution in [0.2, 0.25) is 0 Å². The van der Waals surface area contributed by atoms with Gasteiger partial charge in [-0.05, 0) is 24.3 Å². The van der Waals surface area contributed by atoms with Crippen LogP contribution >= 0.6 is 11.3 Å². The number of unbranched alkanes of at least 4 members (excludes halogenated alkanes) is 1. The van der Waals surface area contributed by atoms with Gasteiger partial charge in [0.05, 0.1) is 0 Å². The van der Waals surface area contributed by atoms with E-state index in [-0.39, 0.29) is 11.8 Å². The van der Waals surface area contributed by atoms with E-state index in [1.54, 1.807) is 6.07 Å². The SMILES string of the molecule is CCCCNC(=O)CCCNC(=O)c1ccsc1. The highest BCUT2D eigenvalue weighted by Crippen LogP contribution is 2.05. The summed E-state index contributed by atoms with van der Waals surface area (Å²) in [6.07, 6.45) is 3.24. The van der Waals surface area contributed by atoms with Crippen LogP contribution in [0.15, 0.2) is 16.8 Å². The number of hydrogen-bond donors (Lipinski definition) is 2. The largest absolute Gasteiger partial charge is 0.356 e. The van der Waals surface area contributed by atoms with Crippen LogP contribution in [0.25, 0.3) is 0 Å². The molecule has 1 rings (SSSR count). The summed E-state index contributed by atoms with van der Waals surface area (Å²) in [6.45, 7) is 3.37. The van der Waals surface area contributed by atoms with Crippen LogP contribution in [0.1, 0.15) is 43.0 Å². The van der Waals surface area contributed by atoms with Crippen LogP contribution in [-0.2, 0) is 4.79 Å². The third kappa shape index (κ3) is 5.82. The van der Waals surface area contributed by atoms with Crippen LogP contribution in [0.3, 0.4) is 0 Å². The maximum Gasteiger partial charge on any atom is 0.252 e. The van der Waals surface area contributed by atoms with E-state index in [2.05, 4.69) is 17.6 Å². The molecule has 1 heterocycles. The zero-order valence-electron chi connectivity index (χ0n) is 10.7. The zero-order valence-corrected chi connectivity index (χ0v) is 11.5. The molecule has 0 fully saturated rings. The van der Waals surface area contributed by atoms with Gasteiger partial charge in [-0.15, -0.1) is 0 Å². The zero-order chi connectivity index (χ0) is 13.2. The Morgan fingerprint density at radius 1 is 1.22 bits per heavy atom. The van der Waals surface area contributed by atoms with Crippen molar-refractivity contribution in [2.24, 2.45) is 0 Å². The third-order valence-corrected chi connectivity index (χ3v) is 3.19. The lowest BCUT2D eigenvalue weighted by molar-refractivity contribution is -0.121. The molecule has 0 unspecified atom stereocenters. The van der Waals surface area contributed by atoms with Gasteiger partial charge < -0.3 is 10.6 Å². The Morgan fingerprint density at radius 2 is 2.00 bits per heavy atom. The fourth-order valence-electron chi connectivity index (χ4n) is 1.44. The quantitative estimate of drug-likeness (QED) is 0.710. The summed E-state index contributed by atoms with van der Waals surface area (Å²) < 4.78 is 0. The molecule has 18 heavy (non-hydrogen) atoms. The first-order chi connectivity index (χ1) is 8.74. The van der Waals surface area contributed by atoms with Gasteiger partial charge in [-0.25, -0.2) is 0 Å². The van der Waals surface area contributed by atoms with E-state index in [1.807, 2.05) is 10.8 Å². The van der Waals surface area contributed by atoms with Crippen LogP contribution in [0.4, 0.5) is 0 Å². The van der Waals surface area contributed by atoms with Gasteiger partial charge in [-0.1, -0.05) is 13.3 Å². The van der Waals surface area contributed by atoms with Gasteiger partial charge in [0.1, 0.15) is 0 Å². The number of amides is 2. The minimum absolute atomic E-state index is 0.0632. The third-order valence-electron chi connectivity index (χ3n) is 2.50. The topological polar surface area (TPSA) is 58.2 Å². The molecule has 0 radical (unpaired) electrons. The van der Waals surface area contributed by atoms with Crippen molar-refractivity contribution < 1.29 is 9.59 Å². The average molecular weight is 268 g/mol. The van der Waals surface area contributed by atoms with Gasteiger partial charge in [0.15, 0.2) is 0 Å². The lowest BCUT2D eigenvalue weighted by atomic mass is 10.2. The first-order valence-electron chi connectivity index (χ1n) is 6.31. The Bertz CT molecular complexity index is 363. The second kappa shape index (κ2) is 8.69. The summed E-state index contributed by atoms with van der Waals surface area (Å²) in [5, 5.41) is 9.33. The summed E-state index contributed by atoms with van der Waals surface area (Å²) in [4.78, 5) is 22.9. The first-order valence-corrected chi connectivity index (χ1v) is 7.25. The van der Waals surface area contributed by atoms with Crippen molar-refractivity contribution in [2.75, 3.05) is 13.1 Å². The molecule has 0 aliphatic rings. The van der Waals surface area contributed by atoms with Crippen molar-refractivity contribution in [1.29, 1.82) is 0 Å². The lowest BCUT2D eigenvalue weighted by Gasteiger charge is -2.05. The number of thiophene rings is 1. The highest BCUT2D eigenvalue weighted by molar-refractivity contribution is 7.08. The Kier molecular flexibility index (Phi) is 7.10. The van der Waals surface area contributed by atoms with Gasteiger partial charge in [-0.3, -0.25) is 9.59 Å². The van der Waals surface area contributed by atoms with Crippen molar-refractivity contribution in [3.8, 4) is 0 Å².